The maximum absolute atomic E-state index is 14.6. The number of hydrogen-bond acceptors (Lipinski definition) is 6. The predicted octanol–water partition coefficient (Wildman–Crippen LogP) is 3.56. The Morgan fingerprint density at radius 3 is 2.35 bits per heavy atom. The highest BCUT2D eigenvalue weighted by Crippen LogP contribution is 2.54. The van der Waals surface area contributed by atoms with E-state index in [2.05, 4.69) is 0 Å². The summed E-state index contributed by atoms with van der Waals surface area (Å²) in [7, 11) is 0. The van der Waals surface area contributed by atoms with Gasteiger partial charge >= 0.3 is 0 Å². The summed E-state index contributed by atoms with van der Waals surface area (Å²) in [5.41, 5.74) is 2.16. The molecule has 2 fully saturated rings. The van der Waals surface area contributed by atoms with E-state index in [0.29, 0.717) is 44.0 Å². The second-order valence-corrected chi connectivity index (χ2v) is 11.7. The van der Waals surface area contributed by atoms with Crippen LogP contribution in [0.15, 0.2) is 66.8 Å². The minimum absolute atomic E-state index is 0.00876. The van der Waals surface area contributed by atoms with E-state index in [1.54, 1.807) is 14.7 Å². The number of fused-ring (bicyclic) bond motifs is 2. The van der Waals surface area contributed by atoms with Gasteiger partial charge in [0.05, 0.1) is 24.5 Å². The molecule has 6 rings (SSSR count). The van der Waals surface area contributed by atoms with Crippen molar-refractivity contribution >= 4 is 29.1 Å². The van der Waals surface area contributed by atoms with Crippen LogP contribution in [0.5, 0.6) is 5.75 Å². The predicted molar refractivity (Wildman–Crippen MR) is 163 cm³/mol. The fourth-order valence-corrected chi connectivity index (χ4v) is 7.32. The first-order valence-electron chi connectivity index (χ1n) is 15.2. The minimum Gasteiger partial charge on any atom is -0.494 e. The first-order valence-corrected chi connectivity index (χ1v) is 15.2. The van der Waals surface area contributed by atoms with Crippen molar-refractivity contribution in [3.05, 3.63) is 77.9 Å². The quantitative estimate of drug-likeness (QED) is 0.376. The largest absolute Gasteiger partial charge is 0.494 e. The number of amides is 3. The molecule has 2 aromatic rings. The number of ether oxygens (including phenoxy) is 2. The van der Waals surface area contributed by atoms with Gasteiger partial charge in [0, 0.05) is 37.6 Å². The summed E-state index contributed by atoms with van der Waals surface area (Å²) in [6, 6.07) is 12.3. The molecule has 0 saturated carbocycles. The molecule has 1 spiro atoms. The number of nitrogens with zero attached hydrogens (tertiary/aromatic N) is 3. The zero-order valence-corrected chi connectivity index (χ0v) is 24.9. The van der Waals surface area contributed by atoms with Gasteiger partial charge in [0.25, 0.3) is 5.91 Å². The highest BCUT2D eigenvalue weighted by Gasteiger charge is 2.71. The third-order valence-corrected chi connectivity index (χ3v) is 9.13. The van der Waals surface area contributed by atoms with Crippen molar-refractivity contribution in [3.8, 4) is 5.75 Å². The van der Waals surface area contributed by atoms with Gasteiger partial charge in [0.1, 0.15) is 17.4 Å². The number of likely N-dealkylation sites (tertiary alicyclic amines) is 1. The number of rotatable bonds is 8. The lowest BCUT2D eigenvalue weighted by molar-refractivity contribution is -0.140. The van der Waals surface area contributed by atoms with Crippen LogP contribution >= 0.6 is 0 Å². The molecule has 9 nitrogen and oxygen atoms in total. The number of hydrogen-bond donors (Lipinski definition) is 1. The van der Waals surface area contributed by atoms with Gasteiger partial charge < -0.3 is 29.3 Å². The van der Waals surface area contributed by atoms with E-state index in [1.165, 1.54) is 0 Å². The molecule has 1 N–H and O–H groups in total. The van der Waals surface area contributed by atoms with Gasteiger partial charge in [0.15, 0.2) is 0 Å². The van der Waals surface area contributed by atoms with Crippen LogP contribution < -0.4 is 14.5 Å². The van der Waals surface area contributed by atoms with Crippen LogP contribution in [0.3, 0.4) is 0 Å². The fourth-order valence-electron chi connectivity index (χ4n) is 7.32. The van der Waals surface area contributed by atoms with E-state index >= 15 is 0 Å². The zero-order valence-electron chi connectivity index (χ0n) is 24.9. The highest BCUT2D eigenvalue weighted by molar-refractivity contribution is 6.07. The molecule has 4 aliphatic rings. The Labute approximate surface area is 252 Å². The molecule has 2 saturated heterocycles. The molecule has 4 heterocycles. The molecule has 0 bridgehead atoms. The number of aliphatic hydroxyl groups is 1. The molecule has 9 heteroatoms. The van der Waals surface area contributed by atoms with Gasteiger partial charge in [-0.15, -0.1) is 0 Å². The van der Waals surface area contributed by atoms with Crippen LogP contribution in [-0.4, -0.2) is 78.3 Å². The molecule has 5 atom stereocenters. The molecular weight excluding hydrogens is 546 g/mol. The summed E-state index contributed by atoms with van der Waals surface area (Å²) in [6.45, 7) is 7.36. The van der Waals surface area contributed by atoms with E-state index in [0.717, 1.165) is 16.8 Å². The first-order chi connectivity index (χ1) is 20.8. The molecule has 0 radical (unpaired) electrons. The lowest BCUT2D eigenvalue weighted by atomic mass is 9.77. The smallest absolute Gasteiger partial charge is 0.253 e. The van der Waals surface area contributed by atoms with Gasteiger partial charge in [0.2, 0.25) is 11.8 Å². The van der Waals surface area contributed by atoms with Crippen molar-refractivity contribution in [1.29, 1.82) is 0 Å². The van der Waals surface area contributed by atoms with Gasteiger partial charge in [-0.3, -0.25) is 14.4 Å². The van der Waals surface area contributed by atoms with E-state index in [9.17, 15) is 19.5 Å². The normalized spacial score (nSPS) is 28.1. The highest BCUT2D eigenvalue weighted by atomic mass is 16.5. The summed E-state index contributed by atoms with van der Waals surface area (Å²) in [5.74, 6) is -1.64. The number of carbonyl (C=O) groups excluding carboxylic acids is 3. The third-order valence-electron chi connectivity index (χ3n) is 9.13. The molecule has 43 heavy (non-hydrogen) atoms. The van der Waals surface area contributed by atoms with Crippen LogP contribution in [0.25, 0.3) is 0 Å². The van der Waals surface area contributed by atoms with Gasteiger partial charge in [-0.05, 0) is 69.0 Å². The number of anilines is 2. The van der Waals surface area contributed by atoms with E-state index in [1.807, 2.05) is 87.5 Å². The average molecular weight is 586 g/mol. The number of carbonyl (C=O) groups is 3. The summed E-state index contributed by atoms with van der Waals surface area (Å²) in [5, 5.41) is 9.47. The maximum Gasteiger partial charge on any atom is 0.253 e. The maximum atomic E-state index is 14.6. The number of unbranched alkanes of at least 4 members (excludes halogenated alkanes) is 1. The topological polar surface area (TPSA) is 99.6 Å². The van der Waals surface area contributed by atoms with E-state index in [4.69, 9.17) is 9.47 Å². The Morgan fingerprint density at radius 1 is 0.930 bits per heavy atom. The molecular formula is C34H39N3O6. The van der Waals surface area contributed by atoms with Crippen LogP contribution in [0, 0.1) is 25.7 Å². The number of aliphatic hydroxyl groups excluding tert-OH is 1. The Morgan fingerprint density at radius 2 is 1.65 bits per heavy atom. The Hall–Kier alpha value is -3.95. The minimum atomic E-state index is -1.30. The Balaban J connectivity index is 1.41. The lowest BCUT2D eigenvalue weighted by Gasteiger charge is -2.36. The average Bonchev–Trinajstić information content (AvgIpc) is 3.30. The molecule has 0 aliphatic carbocycles. The Kier molecular flexibility index (Phi) is 7.87. The SMILES string of the molecule is CCOc1ccc(N2CC=C[C@@H]3O[C@]45C=CCN(c6c(C)cccc6C)C(=O)C4N(CCCCO)C(=O)[C@@H]5[C@@H]3C2=O)cc1. The molecule has 226 valence electrons. The van der Waals surface area contributed by atoms with Crippen molar-refractivity contribution in [2.75, 3.05) is 42.6 Å². The second-order valence-electron chi connectivity index (χ2n) is 11.7. The first kappa shape index (κ1) is 29.1. The van der Waals surface area contributed by atoms with Crippen molar-refractivity contribution < 1.29 is 29.0 Å². The third kappa shape index (κ3) is 4.75. The van der Waals surface area contributed by atoms with Crippen LogP contribution in [0.4, 0.5) is 11.4 Å². The summed E-state index contributed by atoms with van der Waals surface area (Å²) < 4.78 is 12.3. The molecule has 0 aromatic heterocycles. The lowest BCUT2D eigenvalue weighted by Crippen LogP contribution is -2.55. The standard InChI is InChI=1S/C34H39N3O6/c1-4-42-25-15-13-24(14-16-25)35-19-8-12-26-27(31(35)39)28-32(40)37(18-5-6-21-38)30-33(41)36(20-9-17-34(28,30)43-26)29-22(2)10-7-11-23(29)3/h7-17,26-28,30,38H,4-6,18-21H2,1-3H3/t26-,27+,28-,30?,34-/m0/s1. The summed E-state index contributed by atoms with van der Waals surface area (Å²) >= 11 is 0. The number of benzene rings is 2. The number of aryl methyl sites for hydroxylation is 2. The molecule has 2 aromatic carbocycles. The van der Waals surface area contributed by atoms with Crippen molar-refractivity contribution in [1.82, 2.24) is 4.90 Å². The van der Waals surface area contributed by atoms with Gasteiger partial charge in [-0.2, -0.15) is 0 Å². The molecule has 3 amide bonds. The van der Waals surface area contributed by atoms with Crippen molar-refractivity contribution in [2.45, 2.75) is 51.4 Å². The van der Waals surface area contributed by atoms with Crippen molar-refractivity contribution in [3.63, 3.8) is 0 Å². The Bertz CT molecular complexity index is 1450. The van der Waals surface area contributed by atoms with Gasteiger partial charge in [-0.1, -0.05) is 42.5 Å². The van der Waals surface area contributed by atoms with Crippen LogP contribution in [0.2, 0.25) is 0 Å². The molecule has 1 unspecified atom stereocenters. The van der Waals surface area contributed by atoms with E-state index < -0.39 is 29.6 Å². The summed E-state index contributed by atoms with van der Waals surface area (Å²) in [4.78, 5) is 48.4. The number of para-hydroxylation sites is 1. The van der Waals surface area contributed by atoms with Gasteiger partial charge in [-0.25, -0.2) is 0 Å². The van der Waals surface area contributed by atoms with Crippen LogP contribution in [0.1, 0.15) is 30.9 Å². The second kappa shape index (κ2) is 11.6. The van der Waals surface area contributed by atoms with Crippen molar-refractivity contribution in [2.24, 2.45) is 11.8 Å². The summed E-state index contributed by atoms with van der Waals surface area (Å²) in [6.07, 6.45) is 7.93. The van der Waals surface area contributed by atoms with E-state index in [-0.39, 0.29) is 30.9 Å². The fraction of sp³-hybridized carbons (Fsp3) is 0.441. The zero-order chi connectivity index (χ0) is 30.3. The van der Waals surface area contributed by atoms with Crippen LogP contribution in [-0.2, 0) is 19.1 Å². The monoisotopic (exact) mass is 585 g/mol. The molecule has 4 aliphatic heterocycles.